The lowest BCUT2D eigenvalue weighted by Crippen LogP contribution is -2.19. The van der Waals surface area contributed by atoms with Gasteiger partial charge in [-0.1, -0.05) is 12.1 Å². The van der Waals surface area contributed by atoms with Crippen molar-refractivity contribution < 1.29 is 10.2 Å². The number of benzene rings is 1. The van der Waals surface area contributed by atoms with Gasteiger partial charge in [-0.3, -0.25) is 0 Å². The summed E-state index contributed by atoms with van der Waals surface area (Å²) in [5.74, 6) is 0. The Morgan fingerprint density at radius 3 is 2.10 bits per heavy atom. The first-order valence-corrected chi connectivity index (χ1v) is 5.84. The summed E-state index contributed by atoms with van der Waals surface area (Å²) in [5, 5.41) is 43.9. The Kier molecular flexibility index (Phi) is 5.55. The molecule has 0 atom stereocenters. The fraction of sp³-hybridized carbons (Fsp3) is 0.286. The van der Waals surface area contributed by atoms with E-state index in [1.54, 1.807) is 30.3 Å². The number of nitriles is 2. The molecule has 2 N–H and O–H groups in total. The number of hydrogen-bond donors (Lipinski definition) is 2. The molecule has 0 fully saturated rings. The van der Waals surface area contributed by atoms with Gasteiger partial charge in [-0.15, -0.1) is 6.58 Å². The van der Waals surface area contributed by atoms with E-state index >= 15 is 0 Å². The molecule has 0 aliphatic heterocycles. The smallest absolute Gasteiger partial charge is 0.255 e. The highest BCUT2D eigenvalue weighted by atomic mass is 16.3. The van der Waals surface area contributed by atoms with Crippen molar-refractivity contribution in [2.75, 3.05) is 0 Å². The van der Waals surface area contributed by atoms with Gasteiger partial charge in [-0.05, 0) is 23.3 Å². The molecule has 0 spiro atoms. The van der Waals surface area contributed by atoms with Crippen molar-refractivity contribution in [1.29, 1.82) is 10.5 Å². The topological polar surface area (TPSA) is 113 Å². The Morgan fingerprint density at radius 2 is 1.70 bits per heavy atom. The lowest BCUT2D eigenvalue weighted by Gasteiger charge is -2.09. The fourth-order valence-electron chi connectivity index (χ4n) is 1.54. The minimum atomic E-state index is -1.60. The number of azo groups is 1. The highest BCUT2D eigenvalue weighted by Crippen LogP contribution is 2.22. The van der Waals surface area contributed by atoms with E-state index in [1.165, 1.54) is 6.08 Å². The molecule has 0 bridgehead atoms. The second-order valence-corrected chi connectivity index (χ2v) is 4.10. The van der Waals surface area contributed by atoms with Crippen LogP contribution in [0.25, 0.3) is 0 Å². The van der Waals surface area contributed by atoms with E-state index in [2.05, 4.69) is 16.8 Å². The van der Waals surface area contributed by atoms with Gasteiger partial charge < -0.3 is 10.2 Å². The molecule has 0 heterocycles. The first kappa shape index (κ1) is 15.5. The van der Waals surface area contributed by atoms with Crippen LogP contribution in [-0.2, 0) is 13.2 Å². The van der Waals surface area contributed by atoms with Gasteiger partial charge in [0.2, 0.25) is 0 Å². The van der Waals surface area contributed by atoms with Crippen LogP contribution in [0, 0.1) is 22.7 Å². The zero-order valence-electron chi connectivity index (χ0n) is 10.8. The molecule has 0 saturated carbocycles. The van der Waals surface area contributed by atoms with Crippen molar-refractivity contribution in [3.05, 3.63) is 42.0 Å². The standard InChI is InChI=1S/C14H14N4O2/c1-2-3-14(9-15,10-16)18-17-13-5-11(7-19)4-12(6-13)8-20/h2,4-6,19-20H,1,3,7-8H2. The SMILES string of the molecule is C=CCC(C#N)(C#N)N=Nc1cc(CO)cc(CO)c1. The van der Waals surface area contributed by atoms with Gasteiger partial charge in [-0.2, -0.15) is 20.8 Å². The zero-order valence-corrected chi connectivity index (χ0v) is 10.8. The minimum absolute atomic E-state index is 0.0655. The molecule has 0 aliphatic rings. The monoisotopic (exact) mass is 270 g/mol. The number of nitrogens with zero attached hydrogens (tertiary/aromatic N) is 4. The third-order valence-electron chi connectivity index (χ3n) is 2.55. The van der Waals surface area contributed by atoms with Gasteiger partial charge in [0.1, 0.15) is 12.1 Å². The van der Waals surface area contributed by atoms with Crippen molar-refractivity contribution in [1.82, 2.24) is 0 Å². The molecule has 0 aromatic heterocycles. The van der Waals surface area contributed by atoms with Crippen molar-refractivity contribution in [2.24, 2.45) is 10.2 Å². The maximum atomic E-state index is 9.11. The first-order valence-electron chi connectivity index (χ1n) is 5.84. The molecule has 0 radical (unpaired) electrons. The van der Waals surface area contributed by atoms with Crippen LogP contribution in [0.1, 0.15) is 17.5 Å². The molecule has 1 rings (SSSR count). The molecule has 20 heavy (non-hydrogen) atoms. The van der Waals surface area contributed by atoms with Gasteiger partial charge in [0.15, 0.2) is 0 Å². The van der Waals surface area contributed by atoms with Crippen LogP contribution in [0.3, 0.4) is 0 Å². The number of aliphatic hydroxyl groups excluding tert-OH is 2. The summed E-state index contributed by atoms with van der Waals surface area (Å²) in [7, 11) is 0. The number of rotatable bonds is 6. The predicted octanol–water partition coefficient (Wildman–Crippen LogP) is 2.12. The van der Waals surface area contributed by atoms with Crippen LogP contribution in [0.5, 0.6) is 0 Å². The Balaban J connectivity index is 3.14. The van der Waals surface area contributed by atoms with E-state index in [-0.39, 0.29) is 19.6 Å². The summed E-state index contributed by atoms with van der Waals surface area (Å²) in [5.41, 5.74) is -0.113. The van der Waals surface area contributed by atoms with Gasteiger partial charge in [0.25, 0.3) is 5.54 Å². The second-order valence-electron chi connectivity index (χ2n) is 4.10. The molecular formula is C14H14N4O2. The van der Waals surface area contributed by atoms with E-state index in [1.807, 2.05) is 0 Å². The van der Waals surface area contributed by atoms with Crippen LogP contribution < -0.4 is 0 Å². The fourth-order valence-corrected chi connectivity index (χ4v) is 1.54. The third kappa shape index (κ3) is 3.72. The number of aliphatic hydroxyl groups is 2. The molecule has 0 unspecified atom stereocenters. The van der Waals surface area contributed by atoms with Gasteiger partial charge in [-0.25, -0.2) is 0 Å². The highest BCUT2D eigenvalue weighted by molar-refractivity contribution is 5.43. The van der Waals surface area contributed by atoms with Gasteiger partial charge in [0, 0.05) is 6.42 Å². The van der Waals surface area contributed by atoms with E-state index in [4.69, 9.17) is 20.7 Å². The first-order chi connectivity index (χ1) is 9.62. The van der Waals surface area contributed by atoms with Gasteiger partial charge >= 0.3 is 0 Å². The summed E-state index contributed by atoms with van der Waals surface area (Å²) in [6, 6.07) is 8.36. The average molecular weight is 270 g/mol. The lowest BCUT2D eigenvalue weighted by atomic mass is 10.0. The average Bonchev–Trinajstić information content (AvgIpc) is 2.51. The van der Waals surface area contributed by atoms with Crippen molar-refractivity contribution >= 4 is 5.69 Å². The van der Waals surface area contributed by atoms with Crippen LogP contribution in [0.2, 0.25) is 0 Å². The Morgan fingerprint density at radius 1 is 1.15 bits per heavy atom. The van der Waals surface area contributed by atoms with Crippen LogP contribution >= 0.6 is 0 Å². The summed E-state index contributed by atoms with van der Waals surface area (Å²) >= 11 is 0. The van der Waals surface area contributed by atoms with E-state index in [0.717, 1.165) is 0 Å². The van der Waals surface area contributed by atoms with E-state index in [0.29, 0.717) is 16.8 Å². The maximum Gasteiger partial charge on any atom is 0.255 e. The summed E-state index contributed by atoms with van der Waals surface area (Å²) in [6.07, 6.45) is 1.49. The third-order valence-corrected chi connectivity index (χ3v) is 2.55. The van der Waals surface area contributed by atoms with Crippen molar-refractivity contribution in [2.45, 2.75) is 25.2 Å². The zero-order chi connectivity index (χ0) is 15.0. The van der Waals surface area contributed by atoms with Crippen LogP contribution in [-0.4, -0.2) is 15.8 Å². The molecule has 6 nitrogen and oxygen atoms in total. The van der Waals surface area contributed by atoms with Crippen molar-refractivity contribution in [3.63, 3.8) is 0 Å². The van der Waals surface area contributed by atoms with Crippen molar-refractivity contribution in [3.8, 4) is 12.1 Å². The van der Waals surface area contributed by atoms with Crippen LogP contribution in [0.15, 0.2) is 41.1 Å². The molecule has 0 aliphatic carbocycles. The maximum absolute atomic E-state index is 9.11. The molecule has 6 heteroatoms. The Bertz CT molecular complexity index is 560. The quantitative estimate of drug-likeness (QED) is 0.608. The Labute approximate surface area is 116 Å². The normalized spacial score (nSPS) is 11.0. The largest absolute Gasteiger partial charge is 0.392 e. The molecule has 0 saturated heterocycles. The van der Waals surface area contributed by atoms with E-state index < -0.39 is 5.54 Å². The summed E-state index contributed by atoms with van der Waals surface area (Å²) < 4.78 is 0. The Hall–Kier alpha value is -2.54. The molecule has 1 aromatic rings. The predicted molar refractivity (Wildman–Crippen MR) is 71.6 cm³/mol. The molecule has 1 aromatic carbocycles. The molecule has 0 amide bonds. The van der Waals surface area contributed by atoms with Gasteiger partial charge in [0.05, 0.1) is 18.9 Å². The molecule has 102 valence electrons. The minimum Gasteiger partial charge on any atom is -0.392 e. The van der Waals surface area contributed by atoms with Crippen LogP contribution in [0.4, 0.5) is 5.69 Å². The summed E-state index contributed by atoms with van der Waals surface area (Å²) in [6.45, 7) is 3.07. The molecular weight excluding hydrogens is 256 g/mol. The lowest BCUT2D eigenvalue weighted by molar-refractivity contribution is 0.275. The number of hydrogen-bond acceptors (Lipinski definition) is 6. The van der Waals surface area contributed by atoms with E-state index in [9.17, 15) is 0 Å². The second kappa shape index (κ2) is 7.15. The highest BCUT2D eigenvalue weighted by Gasteiger charge is 2.28. The summed E-state index contributed by atoms with van der Waals surface area (Å²) in [4.78, 5) is 0.